The van der Waals surface area contributed by atoms with Crippen molar-refractivity contribution in [1.82, 2.24) is 0 Å². The average molecular weight is 180 g/mol. The molecule has 0 aromatic heterocycles. The maximum Gasteiger partial charge on any atom is -0.0325 e. The Balaban J connectivity index is 3.46. The molecule has 0 fully saturated rings. The Morgan fingerprint density at radius 3 is 2.46 bits per heavy atom. The van der Waals surface area contributed by atoms with E-state index in [4.69, 9.17) is 0 Å². The van der Waals surface area contributed by atoms with Crippen molar-refractivity contribution in [3.63, 3.8) is 0 Å². The van der Waals surface area contributed by atoms with Crippen molar-refractivity contribution in [2.45, 2.75) is 53.4 Å². The van der Waals surface area contributed by atoms with E-state index >= 15 is 0 Å². The molecule has 0 nitrogen and oxygen atoms in total. The molecular formula is C13H24. The summed E-state index contributed by atoms with van der Waals surface area (Å²) < 4.78 is 0. The lowest BCUT2D eigenvalue weighted by Gasteiger charge is -2.05. The summed E-state index contributed by atoms with van der Waals surface area (Å²) in [6.07, 6.45) is 11.9. The highest BCUT2D eigenvalue weighted by molar-refractivity contribution is 4.93. The lowest BCUT2D eigenvalue weighted by Crippen LogP contribution is -1.91. The lowest BCUT2D eigenvalue weighted by atomic mass is 10.0. The van der Waals surface area contributed by atoms with Gasteiger partial charge < -0.3 is 0 Å². The van der Waals surface area contributed by atoms with Crippen LogP contribution in [0.1, 0.15) is 53.4 Å². The Morgan fingerprint density at radius 1 is 1.23 bits per heavy atom. The molecule has 0 bridgehead atoms. The van der Waals surface area contributed by atoms with Gasteiger partial charge in [-0.3, -0.25) is 0 Å². The van der Waals surface area contributed by atoms with Gasteiger partial charge in [-0.2, -0.15) is 0 Å². The van der Waals surface area contributed by atoms with E-state index in [0.717, 1.165) is 5.92 Å². The van der Waals surface area contributed by atoms with Crippen LogP contribution in [-0.2, 0) is 0 Å². The zero-order valence-electron chi connectivity index (χ0n) is 9.64. The Labute approximate surface area is 83.7 Å². The molecule has 0 heteroatoms. The van der Waals surface area contributed by atoms with Crippen molar-refractivity contribution in [2.75, 3.05) is 0 Å². The zero-order chi connectivity index (χ0) is 10.1. The minimum absolute atomic E-state index is 0.832. The summed E-state index contributed by atoms with van der Waals surface area (Å²) in [6.45, 7) is 8.85. The van der Waals surface area contributed by atoms with Crippen molar-refractivity contribution < 1.29 is 0 Å². The third kappa shape index (κ3) is 9.39. The highest BCUT2D eigenvalue weighted by Gasteiger charge is 1.96. The smallest absolute Gasteiger partial charge is 0.0325 e. The van der Waals surface area contributed by atoms with E-state index in [1.54, 1.807) is 0 Å². The van der Waals surface area contributed by atoms with Crippen molar-refractivity contribution >= 4 is 0 Å². The summed E-state index contributed by atoms with van der Waals surface area (Å²) in [7, 11) is 0. The molecule has 0 aliphatic heterocycles. The molecule has 0 saturated heterocycles. The number of rotatable bonds is 6. The quantitative estimate of drug-likeness (QED) is 0.519. The first-order chi connectivity index (χ1) is 6.16. The minimum atomic E-state index is 0.832. The molecule has 0 aromatic rings. The molecule has 0 saturated carbocycles. The second-order valence-corrected chi connectivity index (χ2v) is 4.08. The van der Waals surface area contributed by atoms with Crippen molar-refractivity contribution in [3.8, 4) is 0 Å². The second kappa shape index (κ2) is 8.10. The Morgan fingerprint density at radius 2 is 1.92 bits per heavy atom. The molecule has 1 unspecified atom stereocenters. The van der Waals surface area contributed by atoms with Crippen LogP contribution in [0.4, 0.5) is 0 Å². The Bertz CT molecular complexity index is 159. The average Bonchev–Trinajstić information content (AvgIpc) is 2.04. The van der Waals surface area contributed by atoms with Crippen LogP contribution in [-0.4, -0.2) is 0 Å². The van der Waals surface area contributed by atoms with Crippen LogP contribution in [0.15, 0.2) is 23.8 Å². The molecule has 76 valence electrons. The number of allylic oxidation sites excluding steroid dienone is 4. The molecule has 1 atom stereocenters. The zero-order valence-corrected chi connectivity index (χ0v) is 9.64. The van der Waals surface area contributed by atoms with Gasteiger partial charge in [0.15, 0.2) is 0 Å². The van der Waals surface area contributed by atoms with Gasteiger partial charge in [-0.15, -0.1) is 0 Å². The topological polar surface area (TPSA) is 0 Å². The van der Waals surface area contributed by atoms with Crippen LogP contribution in [0.25, 0.3) is 0 Å². The van der Waals surface area contributed by atoms with Crippen molar-refractivity contribution in [3.05, 3.63) is 23.8 Å². The van der Waals surface area contributed by atoms with E-state index in [9.17, 15) is 0 Å². The van der Waals surface area contributed by atoms with Gasteiger partial charge >= 0.3 is 0 Å². The summed E-state index contributed by atoms with van der Waals surface area (Å²) in [5, 5.41) is 0. The molecule has 0 aromatic carbocycles. The maximum atomic E-state index is 2.33. The fraction of sp³-hybridized carbons (Fsp3) is 0.692. The van der Waals surface area contributed by atoms with Gasteiger partial charge in [0.25, 0.3) is 0 Å². The normalized spacial score (nSPS) is 13.2. The SMILES string of the molecule is CCC=CCC(C)CCC=C(C)C. The van der Waals surface area contributed by atoms with Gasteiger partial charge in [0.05, 0.1) is 0 Å². The molecule has 0 aliphatic rings. The number of hydrogen-bond acceptors (Lipinski definition) is 0. The van der Waals surface area contributed by atoms with Crippen molar-refractivity contribution in [2.24, 2.45) is 5.92 Å². The fourth-order valence-electron chi connectivity index (χ4n) is 1.27. The third-order valence-electron chi connectivity index (χ3n) is 2.15. The molecule has 0 N–H and O–H groups in total. The van der Waals surface area contributed by atoms with E-state index in [1.807, 2.05) is 0 Å². The van der Waals surface area contributed by atoms with Crippen LogP contribution in [0.2, 0.25) is 0 Å². The number of hydrogen-bond donors (Lipinski definition) is 0. The first-order valence-corrected chi connectivity index (χ1v) is 5.45. The van der Waals surface area contributed by atoms with Crippen LogP contribution in [0.3, 0.4) is 0 Å². The first kappa shape index (κ1) is 12.5. The van der Waals surface area contributed by atoms with Crippen LogP contribution in [0, 0.1) is 5.92 Å². The van der Waals surface area contributed by atoms with E-state index in [1.165, 1.54) is 31.3 Å². The molecule has 0 aliphatic carbocycles. The van der Waals surface area contributed by atoms with Gasteiger partial charge in [-0.25, -0.2) is 0 Å². The third-order valence-corrected chi connectivity index (χ3v) is 2.15. The Kier molecular flexibility index (Phi) is 7.77. The lowest BCUT2D eigenvalue weighted by molar-refractivity contribution is 0.545. The van der Waals surface area contributed by atoms with Gasteiger partial charge in [-0.1, -0.05) is 37.6 Å². The minimum Gasteiger partial charge on any atom is -0.0888 e. The first-order valence-electron chi connectivity index (χ1n) is 5.45. The van der Waals surface area contributed by atoms with Crippen LogP contribution in [0.5, 0.6) is 0 Å². The van der Waals surface area contributed by atoms with Crippen molar-refractivity contribution in [1.29, 1.82) is 0 Å². The van der Waals surface area contributed by atoms with E-state index < -0.39 is 0 Å². The predicted octanol–water partition coefficient (Wildman–Crippen LogP) is 4.73. The summed E-state index contributed by atoms with van der Waals surface area (Å²) >= 11 is 0. The standard InChI is InChI=1S/C13H24/c1-5-6-7-10-13(4)11-8-9-12(2)3/h6-7,9,13H,5,8,10-11H2,1-4H3. The molecule has 0 radical (unpaired) electrons. The largest absolute Gasteiger partial charge is 0.0888 e. The fourth-order valence-corrected chi connectivity index (χ4v) is 1.27. The van der Waals surface area contributed by atoms with Crippen LogP contribution >= 0.6 is 0 Å². The monoisotopic (exact) mass is 180 g/mol. The van der Waals surface area contributed by atoms with E-state index in [0.29, 0.717) is 0 Å². The van der Waals surface area contributed by atoms with Gasteiger partial charge in [0.1, 0.15) is 0 Å². The van der Waals surface area contributed by atoms with E-state index in [-0.39, 0.29) is 0 Å². The summed E-state index contributed by atoms with van der Waals surface area (Å²) in [6, 6.07) is 0. The van der Waals surface area contributed by atoms with Gasteiger partial charge in [0.2, 0.25) is 0 Å². The molecule has 0 rings (SSSR count). The Hall–Kier alpha value is -0.520. The summed E-state index contributed by atoms with van der Waals surface area (Å²) in [5.74, 6) is 0.832. The molecule has 0 heterocycles. The maximum absolute atomic E-state index is 2.33. The van der Waals surface area contributed by atoms with E-state index in [2.05, 4.69) is 45.9 Å². The predicted molar refractivity (Wildman–Crippen MR) is 61.9 cm³/mol. The van der Waals surface area contributed by atoms with Gasteiger partial charge in [-0.05, 0) is 45.4 Å². The summed E-state index contributed by atoms with van der Waals surface area (Å²) in [5.41, 5.74) is 1.44. The van der Waals surface area contributed by atoms with Crippen LogP contribution < -0.4 is 0 Å². The second-order valence-electron chi connectivity index (χ2n) is 4.08. The molecule has 0 spiro atoms. The highest BCUT2D eigenvalue weighted by atomic mass is 14.0. The molecule has 0 amide bonds. The summed E-state index contributed by atoms with van der Waals surface area (Å²) in [4.78, 5) is 0. The molecular weight excluding hydrogens is 156 g/mol. The van der Waals surface area contributed by atoms with Gasteiger partial charge in [0, 0.05) is 0 Å². The highest BCUT2D eigenvalue weighted by Crippen LogP contribution is 2.12. The molecule has 13 heavy (non-hydrogen) atoms.